The molecule has 0 atom stereocenters. The van der Waals surface area contributed by atoms with Crippen LogP contribution < -0.4 is 5.32 Å². The van der Waals surface area contributed by atoms with E-state index in [0.29, 0.717) is 6.42 Å². The Hall–Kier alpha value is -1.00. The van der Waals surface area contributed by atoms with Gasteiger partial charge in [-0.1, -0.05) is 18.2 Å². The maximum absolute atomic E-state index is 11.1. The number of esters is 1. The Morgan fingerprint density at radius 1 is 1.44 bits per heavy atom. The van der Waals surface area contributed by atoms with Gasteiger partial charge in [0.05, 0.1) is 13.5 Å². The first-order chi connectivity index (χ1) is 8.79. The first kappa shape index (κ1) is 13.4. The summed E-state index contributed by atoms with van der Waals surface area (Å²) in [6.07, 6.45) is 3.07. The van der Waals surface area contributed by atoms with Crippen molar-refractivity contribution in [2.24, 2.45) is 0 Å². The van der Waals surface area contributed by atoms with E-state index in [2.05, 4.69) is 28.3 Å². The Morgan fingerprint density at radius 3 is 2.94 bits per heavy atom. The summed E-state index contributed by atoms with van der Waals surface area (Å²) in [6.45, 7) is 0.923. The molecule has 1 aliphatic carbocycles. The fraction of sp³-hybridized carbons (Fsp3) is 0.500. The molecule has 4 heteroatoms. The Morgan fingerprint density at radius 2 is 2.22 bits per heavy atom. The third kappa shape index (κ3) is 4.35. The molecule has 3 nitrogen and oxygen atoms in total. The minimum absolute atomic E-state index is 0.143. The van der Waals surface area contributed by atoms with Crippen LogP contribution in [0.2, 0.25) is 0 Å². The number of thioether (sulfide) groups is 1. The summed E-state index contributed by atoms with van der Waals surface area (Å²) in [5.41, 5.74) is 1.32. The van der Waals surface area contributed by atoms with Gasteiger partial charge in [-0.25, -0.2) is 0 Å². The zero-order valence-electron chi connectivity index (χ0n) is 10.6. The molecule has 1 N–H and O–H groups in total. The smallest absolute Gasteiger partial charge is 0.306 e. The minimum Gasteiger partial charge on any atom is -0.469 e. The highest BCUT2D eigenvalue weighted by Crippen LogP contribution is 2.25. The SMILES string of the molecule is COC(=O)CCSc1ccccc1CNC1CC1. The van der Waals surface area contributed by atoms with Crippen LogP contribution in [0, 0.1) is 0 Å². The maximum atomic E-state index is 11.1. The molecule has 2 rings (SSSR count). The molecule has 0 spiro atoms. The van der Waals surface area contributed by atoms with Crippen LogP contribution in [0.3, 0.4) is 0 Å². The third-order valence-electron chi connectivity index (χ3n) is 2.92. The molecule has 0 aliphatic heterocycles. The quantitative estimate of drug-likeness (QED) is 0.607. The van der Waals surface area contributed by atoms with Gasteiger partial charge in [0, 0.05) is 23.2 Å². The van der Waals surface area contributed by atoms with Crippen molar-refractivity contribution in [3.63, 3.8) is 0 Å². The molecule has 1 aromatic carbocycles. The lowest BCUT2D eigenvalue weighted by Gasteiger charge is -2.09. The summed E-state index contributed by atoms with van der Waals surface area (Å²) in [6, 6.07) is 9.09. The lowest BCUT2D eigenvalue weighted by atomic mass is 10.2. The molecule has 0 bridgehead atoms. The number of carbonyl (C=O) groups excluding carboxylic acids is 1. The molecule has 0 unspecified atom stereocenters. The molecular formula is C14H19NO2S. The Kier molecular flexibility index (Phi) is 5.08. The summed E-state index contributed by atoms with van der Waals surface area (Å²) < 4.78 is 4.64. The molecule has 1 aliphatic rings. The summed E-state index contributed by atoms with van der Waals surface area (Å²) in [7, 11) is 1.43. The fourth-order valence-electron chi connectivity index (χ4n) is 1.68. The second-order valence-corrected chi connectivity index (χ2v) is 5.57. The van der Waals surface area contributed by atoms with E-state index in [4.69, 9.17) is 0 Å². The molecule has 18 heavy (non-hydrogen) atoms. The predicted molar refractivity (Wildman–Crippen MR) is 73.7 cm³/mol. The normalized spacial score (nSPS) is 14.5. The van der Waals surface area contributed by atoms with Crippen molar-refractivity contribution < 1.29 is 9.53 Å². The fourth-order valence-corrected chi connectivity index (χ4v) is 2.67. The number of methoxy groups -OCH3 is 1. The molecule has 0 saturated heterocycles. The van der Waals surface area contributed by atoms with E-state index in [1.807, 2.05) is 6.07 Å². The molecule has 1 aromatic rings. The van der Waals surface area contributed by atoms with Gasteiger partial charge >= 0.3 is 5.97 Å². The van der Waals surface area contributed by atoms with E-state index in [1.54, 1.807) is 11.8 Å². The van der Waals surface area contributed by atoms with E-state index >= 15 is 0 Å². The van der Waals surface area contributed by atoms with Gasteiger partial charge < -0.3 is 10.1 Å². The van der Waals surface area contributed by atoms with Crippen LogP contribution in [0.1, 0.15) is 24.8 Å². The summed E-state index contributed by atoms with van der Waals surface area (Å²) in [5, 5.41) is 3.52. The highest BCUT2D eigenvalue weighted by Gasteiger charge is 2.20. The predicted octanol–water partition coefficient (Wildman–Crippen LogP) is 2.59. The number of nitrogens with one attached hydrogen (secondary N) is 1. The summed E-state index contributed by atoms with van der Waals surface area (Å²) in [5.74, 6) is 0.628. The van der Waals surface area contributed by atoms with Crippen LogP contribution in [0.25, 0.3) is 0 Å². The summed E-state index contributed by atoms with van der Waals surface area (Å²) in [4.78, 5) is 12.3. The van der Waals surface area contributed by atoms with Crippen LogP contribution >= 0.6 is 11.8 Å². The van der Waals surface area contributed by atoms with E-state index in [9.17, 15) is 4.79 Å². The van der Waals surface area contributed by atoms with Gasteiger partial charge in [-0.3, -0.25) is 4.79 Å². The van der Waals surface area contributed by atoms with Gasteiger partial charge in [0.2, 0.25) is 0 Å². The highest BCUT2D eigenvalue weighted by molar-refractivity contribution is 7.99. The Labute approximate surface area is 112 Å². The van der Waals surface area contributed by atoms with Crippen molar-refractivity contribution in [3.8, 4) is 0 Å². The number of benzene rings is 1. The molecule has 98 valence electrons. The van der Waals surface area contributed by atoms with Crippen molar-refractivity contribution in [1.29, 1.82) is 0 Å². The largest absolute Gasteiger partial charge is 0.469 e. The van der Waals surface area contributed by atoms with Gasteiger partial charge in [-0.15, -0.1) is 11.8 Å². The number of carbonyl (C=O) groups is 1. The van der Waals surface area contributed by atoms with Gasteiger partial charge in [0.1, 0.15) is 0 Å². The molecule has 0 amide bonds. The topological polar surface area (TPSA) is 38.3 Å². The molecule has 1 fully saturated rings. The second kappa shape index (κ2) is 6.81. The number of ether oxygens (including phenoxy) is 1. The zero-order chi connectivity index (χ0) is 12.8. The zero-order valence-corrected chi connectivity index (χ0v) is 11.5. The van der Waals surface area contributed by atoms with Crippen molar-refractivity contribution in [3.05, 3.63) is 29.8 Å². The van der Waals surface area contributed by atoms with E-state index in [-0.39, 0.29) is 5.97 Å². The van der Waals surface area contributed by atoms with Gasteiger partial charge in [-0.2, -0.15) is 0 Å². The maximum Gasteiger partial charge on any atom is 0.306 e. The standard InChI is InChI=1S/C14H19NO2S/c1-17-14(16)8-9-18-13-5-3-2-4-11(13)10-15-12-6-7-12/h2-5,12,15H,6-10H2,1H3. The average Bonchev–Trinajstić information content (AvgIpc) is 3.21. The van der Waals surface area contributed by atoms with Crippen LogP contribution in [-0.2, 0) is 16.1 Å². The molecular weight excluding hydrogens is 246 g/mol. The molecule has 1 saturated carbocycles. The first-order valence-electron chi connectivity index (χ1n) is 6.30. The van der Waals surface area contributed by atoms with Gasteiger partial charge in [0.25, 0.3) is 0 Å². The third-order valence-corrected chi connectivity index (χ3v) is 4.04. The number of hydrogen-bond acceptors (Lipinski definition) is 4. The first-order valence-corrected chi connectivity index (χ1v) is 7.29. The number of rotatable bonds is 7. The van der Waals surface area contributed by atoms with Crippen LogP contribution in [0.4, 0.5) is 0 Å². The van der Waals surface area contributed by atoms with Crippen molar-refractivity contribution in [2.75, 3.05) is 12.9 Å². The average molecular weight is 265 g/mol. The lowest BCUT2D eigenvalue weighted by molar-refractivity contribution is -0.140. The molecule has 0 radical (unpaired) electrons. The van der Waals surface area contributed by atoms with Crippen molar-refractivity contribution >= 4 is 17.7 Å². The monoisotopic (exact) mass is 265 g/mol. The van der Waals surface area contributed by atoms with E-state index in [0.717, 1.165) is 18.3 Å². The lowest BCUT2D eigenvalue weighted by Crippen LogP contribution is -2.15. The second-order valence-electron chi connectivity index (χ2n) is 4.44. The Balaban J connectivity index is 1.83. The molecule has 0 heterocycles. The van der Waals surface area contributed by atoms with Gasteiger partial charge in [0.15, 0.2) is 0 Å². The minimum atomic E-state index is -0.143. The van der Waals surface area contributed by atoms with Gasteiger partial charge in [-0.05, 0) is 24.5 Å². The Bertz CT molecular complexity index is 405. The van der Waals surface area contributed by atoms with Crippen molar-refractivity contribution in [2.45, 2.75) is 36.7 Å². The van der Waals surface area contributed by atoms with E-state index in [1.165, 1.54) is 30.4 Å². The van der Waals surface area contributed by atoms with Crippen LogP contribution in [0.5, 0.6) is 0 Å². The van der Waals surface area contributed by atoms with Crippen LogP contribution in [0.15, 0.2) is 29.2 Å². The highest BCUT2D eigenvalue weighted by atomic mass is 32.2. The van der Waals surface area contributed by atoms with E-state index < -0.39 is 0 Å². The summed E-state index contributed by atoms with van der Waals surface area (Å²) >= 11 is 1.72. The van der Waals surface area contributed by atoms with Crippen LogP contribution in [-0.4, -0.2) is 24.9 Å². The van der Waals surface area contributed by atoms with Crippen molar-refractivity contribution in [1.82, 2.24) is 5.32 Å². The number of hydrogen-bond donors (Lipinski definition) is 1. The molecule has 0 aromatic heterocycles.